The van der Waals surface area contributed by atoms with Crippen molar-refractivity contribution in [1.29, 1.82) is 5.26 Å². The molecule has 1 atom stereocenters. The molecular weight excluding hydrogens is 240 g/mol. The summed E-state index contributed by atoms with van der Waals surface area (Å²) in [5.41, 5.74) is 3.27. The van der Waals surface area contributed by atoms with Gasteiger partial charge in [0.1, 0.15) is 11.1 Å². The van der Waals surface area contributed by atoms with Gasteiger partial charge in [0.2, 0.25) is 0 Å². The van der Waals surface area contributed by atoms with Crippen LogP contribution in [-0.4, -0.2) is 10.2 Å². The Morgan fingerprint density at radius 2 is 2.00 bits per heavy atom. The minimum Gasteiger partial charge on any atom is -0.245 e. The maximum Gasteiger partial charge on any atom is 0.114 e. The number of aryl methyl sites for hydroxylation is 2. The summed E-state index contributed by atoms with van der Waals surface area (Å²) < 4.78 is 0. The van der Waals surface area contributed by atoms with Gasteiger partial charge in [0, 0.05) is 10.9 Å². The van der Waals surface area contributed by atoms with Crippen molar-refractivity contribution in [2.75, 3.05) is 0 Å². The molecule has 18 heavy (non-hydrogen) atoms. The Morgan fingerprint density at radius 3 is 2.67 bits per heavy atom. The molecule has 1 heterocycles. The summed E-state index contributed by atoms with van der Waals surface area (Å²) in [6.45, 7) is 6.63. The standard InChI is InChI=1S/C15H20N2S/c1-10(2)11(3)18-15-13(9-16)8-12-6-4-5-7-14(12)17-15/h8,10-11H,4-7H2,1-3H3. The Hall–Kier alpha value is -1.01. The van der Waals surface area contributed by atoms with Crippen LogP contribution >= 0.6 is 11.8 Å². The molecule has 2 rings (SSSR count). The topological polar surface area (TPSA) is 36.7 Å². The fourth-order valence-electron chi connectivity index (χ4n) is 2.10. The zero-order valence-electron chi connectivity index (χ0n) is 11.4. The summed E-state index contributed by atoms with van der Waals surface area (Å²) in [6.07, 6.45) is 4.62. The molecule has 0 saturated carbocycles. The van der Waals surface area contributed by atoms with Gasteiger partial charge in [-0.3, -0.25) is 0 Å². The van der Waals surface area contributed by atoms with Crippen molar-refractivity contribution in [1.82, 2.24) is 4.98 Å². The number of hydrogen-bond donors (Lipinski definition) is 0. The fraction of sp³-hybridized carbons (Fsp3) is 0.600. The van der Waals surface area contributed by atoms with Crippen LogP contribution in [0.25, 0.3) is 0 Å². The lowest BCUT2D eigenvalue weighted by Gasteiger charge is -2.19. The minimum atomic E-state index is 0.492. The monoisotopic (exact) mass is 260 g/mol. The molecule has 0 N–H and O–H groups in total. The molecule has 0 radical (unpaired) electrons. The van der Waals surface area contributed by atoms with E-state index in [-0.39, 0.29) is 0 Å². The Morgan fingerprint density at radius 1 is 1.28 bits per heavy atom. The van der Waals surface area contributed by atoms with Crippen LogP contribution in [0.2, 0.25) is 0 Å². The summed E-state index contributed by atoms with van der Waals surface area (Å²) in [4.78, 5) is 4.75. The second kappa shape index (κ2) is 5.75. The van der Waals surface area contributed by atoms with Gasteiger partial charge < -0.3 is 0 Å². The van der Waals surface area contributed by atoms with Gasteiger partial charge in [-0.2, -0.15) is 5.26 Å². The smallest absolute Gasteiger partial charge is 0.114 e. The first-order valence-corrected chi connectivity index (χ1v) is 7.59. The average molecular weight is 260 g/mol. The highest BCUT2D eigenvalue weighted by Gasteiger charge is 2.18. The number of nitrogens with zero attached hydrogens (tertiary/aromatic N) is 2. The van der Waals surface area contributed by atoms with Gasteiger partial charge >= 0.3 is 0 Å². The molecule has 2 nitrogen and oxygen atoms in total. The molecule has 0 bridgehead atoms. The van der Waals surface area contributed by atoms with Crippen LogP contribution in [0.3, 0.4) is 0 Å². The van der Waals surface area contributed by atoms with Crippen molar-refractivity contribution in [3.63, 3.8) is 0 Å². The second-order valence-corrected chi connectivity index (χ2v) is 6.70. The summed E-state index contributed by atoms with van der Waals surface area (Å²) in [7, 11) is 0. The second-order valence-electron chi connectivity index (χ2n) is 5.33. The van der Waals surface area contributed by atoms with E-state index < -0.39 is 0 Å². The van der Waals surface area contributed by atoms with E-state index >= 15 is 0 Å². The molecular formula is C15H20N2S. The fourth-order valence-corrected chi connectivity index (χ4v) is 3.12. The number of pyridine rings is 1. The number of rotatable bonds is 3. The Bertz CT molecular complexity index is 474. The van der Waals surface area contributed by atoms with Crippen molar-refractivity contribution >= 4 is 11.8 Å². The van der Waals surface area contributed by atoms with Gasteiger partial charge in [-0.1, -0.05) is 20.8 Å². The molecule has 0 aliphatic heterocycles. The molecule has 1 aliphatic carbocycles. The highest BCUT2D eigenvalue weighted by atomic mass is 32.2. The molecule has 1 aromatic heterocycles. The van der Waals surface area contributed by atoms with Crippen molar-refractivity contribution in [2.24, 2.45) is 5.92 Å². The summed E-state index contributed by atoms with van der Waals surface area (Å²) >= 11 is 1.74. The third-order valence-electron chi connectivity index (χ3n) is 3.62. The number of aromatic nitrogens is 1. The average Bonchev–Trinajstić information content (AvgIpc) is 2.37. The maximum atomic E-state index is 9.27. The van der Waals surface area contributed by atoms with E-state index in [0.717, 1.165) is 23.4 Å². The Balaban J connectivity index is 2.31. The predicted octanol–water partition coefficient (Wildman–Crippen LogP) is 3.97. The first kappa shape index (κ1) is 13.4. The number of thioether (sulfide) groups is 1. The third-order valence-corrected chi connectivity index (χ3v) is 5.07. The minimum absolute atomic E-state index is 0.492. The van der Waals surface area contributed by atoms with Crippen molar-refractivity contribution < 1.29 is 0 Å². The summed E-state index contributed by atoms with van der Waals surface area (Å²) in [5.74, 6) is 0.597. The van der Waals surface area contributed by atoms with Crippen molar-refractivity contribution in [3.05, 3.63) is 22.9 Å². The van der Waals surface area contributed by atoms with Gasteiger partial charge in [0.15, 0.2) is 0 Å². The Labute approximate surface area is 114 Å². The van der Waals surface area contributed by atoms with Crippen LogP contribution in [0.1, 0.15) is 50.4 Å². The third kappa shape index (κ3) is 2.87. The first-order valence-electron chi connectivity index (χ1n) is 6.71. The van der Waals surface area contributed by atoms with E-state index in [1.54, 1.807) is 11.8 Å². The van der Waals surface area contributed by atoms with Crippen molar-refractivity contribution in [3.8, 4) is 6.07 Å². The normalized spacial score (nSPS) is 16.2. The molecule has 1 unspecified atom stereocenters. The summed E-state index contributed by atoms with van der Waals surface area (Å²) in [5, 5.41) is 10.7. The van der Waals surface area contributed by atoms with Crippen LogP contribution in [0.5, 0.6) is 0 Å². The van der Waals surface area contributed by atoms with E-state index in [4.69, 9.17) is 4.98 Å². The molecule has 0 saturated heterocycles. The molecule has 96 valence electrons. The molecule has 1 aromatic rings. The lowest BCUT2D eigenvalue weighted by atomic mass is 9.95. The van der Waals surface area contributed by atoms with E-state index in [1.807, 2.05) is 0 Å². The number of hydrogen-bond acceptors (Lipinski definition) is 3. The van der Waals surface area contributed by atoms with Gasteiger partial charge in [0.05, 0.1) is 5.56 Å². The molecule has 0 aromatic carbocycles. The maximum absolute atomic E-state index is 9.27. The van der Waals surface area contributed by atoms with E-state index in [2.05, 4.69) is 32.9 Å². The predicted molar refractivity (Wildman–Crippen MR) is 75.8 cm³/mol. The van der Waals surface area contributed by atoms with E-state index in [0.29, 0.717) is 11.2 Å². The lowest BCUT2D eigenvalue weighted by Crippen LogP contribution is -2.10. The SMILES string of the molecule is CC(C)C(C)Sc1nc2c(cc1C#N)CCCC2. The zero-order chi connectivity index (χ0) is 13.1. The van der Waals surface area contributed by atoms with Crippen molar-refractivity contribution in [2.45, 2.75) is 56.7 Å². The van der Waals surface area contributed by atoms with Gasteiger partial charge in [0.25, 0.3) is 0 Å². The molecule has 0 fully saturated rings. The van der Waals surface area contributed by atoms with Crippen LogP contribution < -0.4 is 0 Å². The molecule has 1 aliphatic rings. The van der Waals surface area contributed by atoms with Gasteiger partial charge in [-0.05, 0) is 43.2 Å². The number of nitriles is 1. The van der Waals surface area contributed by atoms with E-state index in [1.165, 1.54) is 24.1 Å². The molecule has 3 heteroatoms. The Kier molecular flexibility index (Phi) is 4.29. The van der Waals surface area contributed by atoms with Gasteiger partial charge in [-0.25, -0.2) is 4.98 Å². The molecule has 0 amide bonds. The zero-order valence-corrected chi connectivity index (χ0v) is 12.2. The van der Waals surface area contributed by atoms with Gasteiger partial charge in [-0.15, -0.1) is 11.8 Å². The number of fused-ring (bicyclic) bond motifs is 1. The van der Waals surface area contributed by atoms with Crippen LogP contribution in [0.15, 0.2) is 11.1 Å². The summed E-state index contributed by atoms with van der Waals surface area (Å²) in [6, 6.07) is 4.37. The highest BCUT2D eigenvalue weighted by Crippen LogP contribution is 2.31. The lowest BCUT2D eigenvalue weighted by molar-refractivity contribution is 0.638. The van der Waals surface area contributed by atoms with E-state index in [9.17, 15) is 5.26 Å². The van der Waals surface area contributed by atoms with Crippen LogP contribution in [-0.2, 0) is 12.8 Å². The highest BCUT2D eigenvalue weighted by molar-refractivity contribution is 7.99. The first-order chi connectivity index (χ1) is 8.61. The quantitative estimate of drug-likeness (QED) is 0.772. The van der Waals surface area contributed by atoms with Crippen LogP contribution in [0, 0.1) is 17.2 Å². The largest absolute Gasteiger partial charge is 0.245 e. The van der Waals surface area contributed by atoms with Crippen LogP contribution in [0.4, 0.5) is 0 Å². The molecule has 0 spiro atoms.